The standard InChI is InChI=1S/C77H138O6/c1-4-7-10-13-16-19-22-25-27-29-31-32-33-34-35-36-37-38-39-40-41-42-43-44-46-47-49-52-55-58-61-64-67-70-76(79)82-73-74(72-81-75(78)69-66-63-60-57-54-51-24-21-18-15-12-9-6-3)83-77(80)71-68-65-62-59-56-53-50-48-45-30-28-26-23-20-17-14-11-8-5-2/h7,10,16,19,21,24-28,31-32,74H,4-6,8-9,11-15,17-18,20,22-23,29-30,33-73H2,1-3H3/b10-7-,19-16-,24-21-,27-25-,28-26-,32-31-. The molecular formula is C77H138O6. The lowest BCUT2D eigenvalue weighted by Gasteiger charge is -2.18. The Morgan fingerprint density at radius 1 is 0.253 bits per heavy atom. The first-order chi connectivity index (χ1) is 41.0. The number of esters is 3. The van der Waals surface area contributed by atoms with E-state index in [4.69, 9.17) is 14.2 Å². The SMILES string of the molecule is CC/C=C\C/C=C\C/C=C\C/C=C\CCCCCCCCCCCCCCCCCCCCCCC(=O)OCC(COC(=O)CCCCCCC/C=C\CCCCCC)OC(=O)CCCCCCCCCCC/C=C\CCCCCCCC. The summed E-state index contributed by atoms with van der Waals surface area (Å²) in [7, 11) is 0. The molecule has 0 saturated heterocycles. The second kappa shape index (κ2) is 71.3. The molecule has 482 valence electrons. The molecule has 0 aromatic heterocycles. The summed E-state index contributed by atoms with van der Waals surface area (Å²) in [4.78, 5) is 38.4. The fourth-order valence-corrected chi connectivity index (χ4v) is 10.7. The van der Waals surface area contributed by atoms with Crippen LogP contribution in [0.2, 0.25) is 0 Å². The molecule has 0 aliphatic carbocycles. The van der Waals surface area contributed by atoms with Crippen molar-refractivity contribution in [3.05, 3.63) is 72.9 Å². The van der Waals surface area contributed by atoms with Gasteiger partial charge in [-0.3, -0.25) is 14.4 Å². The molecule has 0 heterocycles. The maximum atomic E-state index is 12.9. The normalized spacial score (nSPS) is 12.5. The average Bonchev–Trinajstić information content (AvgIpc) is 3.49. The second-order valence-corrected chi connectivity index (χ2v) is 24.5. The van der Waals surface area contributed by atoms with E-state index in [0.717, 1.165) is 89.9 Å². The lowest BCUT2D eigenvalue weighted by atomic mass is 10.0. The van der Waals surface area contributed by atoms with Crippen molar-refractivity contribution >= 4 is 17.9 Å². The van der Waals surface area contributed by atoms with Gasteiger partial charge in [-0.1, -0.05) is 325 Å². The van der Waals surface area contributed by atoms with Crippen LogP contribution in [0.3, 0.4) is 0 Å². The Balaban J connectivity index is 4.15. The van der Waals surface area contributed by atoms with Crippen molar-refractivity contribution in [3.8, 4) is 0 Å². The zero-order valence-corrected chi connectivity index (χ0v) is 55.5. The van der Waals surface area contributed by atoms with Gasteiger partial charge in [-0.15, -0.1) is 0 Å². The van der Waals surface area contributed by atoms with Crippen LogP contribution in [-0.2, 0) is 28.6 Å². The van der Waals surface area contributed by atoms with Crippen LogP contribution < -0.4 is 0 Å². The van der Waals surface area contributed by atoms with Crippen molar-refractivity contribution in [2.24, 2.45) is 0 Å². The number of hydrogen-bond acceptors (Lipinski definition) is 6. The van der Waals surface area contributed by atoms with E-state index in [1.54, 1.807) is 0 Å². The quantitative estimate of drug-likeness (QED) is 0.0261. The third kappa shape index (κ3) is 69.5. The number of allylic oxidation sites excluding steroid dienone is 12. The maximum Gasteiger partial charge on any atom is 0.306 e. The zero-order chi connectivity index (χ0) is 59.9. The fourth-order valence-electron chi connectivity index (χ4n) is 10.7. The van der Waals surface area contributed by atoms with Crippen molar-refractivity contribution in [1.29, 1.82) is 0 Å². The van der Waals surface area contributed by atoms with Crippen LogP contribution in [0, 0.1) is 0 Å². The minimum atomic E-state index is -0.778. The monoisotopic (exact) mass is 1160 g/mol. The summed E-state index contributed by atoms with van der Waals surface area (Å²) < 4.78 is 17.0. The molecule has 0 fully saturated rings. The molecule has 0 N–H and O–H groups in total. The van der Waals surface area contributed by atoms with Gasteiger partial charge in [0.1, 0.15) is 13.2 Å². The van der Waals surface area contributed by atoms with Crippen molar-refractivity contribution in [3.63, 3.8) is 0 Å². The summed E-state index contributed by atoms with van der Waals surface area (Å²) in [5, 5.41) is 0. The molecule has 1 atom stereocenters. The number of hydrogen-bond donors (Lipinski definition) is 0. The summed E-state index contributed by atoms with van der Waals surface area (Å²) in [5.41, 5.74) is 0. The number of carbonyl (C=O) groups excluding carboxylic acids is 3. The van der Waals surface area contributed by atoms with Crippen molar-refractivity contribution < 1.29 is 28.6 Å². The van der Waals surface area contributed by atoms with E-state index in [1.165, 1.54) is 250 Å². The molecular weight excluding hydrogens is 1020 g/mol. The molecule has 0 aliphatic heterocycles. The van der Waals surface area contributed by atoms with Gasteiger partial charge >= 0.3 is 17.9 Å². The summed E-state index contributed by atoms with van der Waals surface area (Å²) >= 11 is 0. The number of rotatable bonds is 67. The lowest BCUT2D eigenvalue weighted by Crippen LogP contribution is -2.30. The fraction of sp³-hybridized carbons (Fsp3) is 0.805. The summed E-state index contributed by atoms with van der Waals surface area (Å²) in [6.45, 7) is 6.56. The third-order valence-corrected chi connectivity index (χ3v) is 16.2. The van der Waals surface area contributed by atoms with Gasteiger partial charge in [0.05, 0.1) is 0 Å². The van der Waals surface area contributed by atoms with E-state index in [-0.39, 0.29) is 31.1 Å². The Morgan fingerprint density at radius 2 is 0.470 bits per heavy atom. The molecule has 0 aromatic rings. The molecule has 0 rings (SSSR count). The van der Waals surface area contributed by atoms with Gasteiger partial charge in [0.25, 0.3) is 0 Å². The molecule has 0 radical (unpaired) electrons. The van der Waals surface area contributed by atoms with Gasteiger partial charge in [-0.2, -0.15) is 0 Å². The maximum absolute atomic E-state index is 12.9. The topological polar surface area (TPSA) is 78.9 Å². The molecule has 0 saturated carbocycles. The van der Waals surface area contributed by atoms with E-state index in [9.17, 15) is 14.4 Å². The predicted molar refractivity (Wildman–Crippen MR) is 362 cm³/mol. The summed E-state index contributed by atoms with van der Waals surface area (Å²) in [6.07, 6.45) is 93.7. The van der Waals surface area contributed by atoms with Crippen molar-refractivity contribution in [2.75, 3.05) is 13.2 Å². The molecule has 0 spiro atoms. The predicted octanol–water partition coefficient (Wildman–Crippen LogP) is 25.2. The molecule has 83 heavy (non-hydrogen) atoms. The Labute approximate surface area is 516 Å². The lowest BCUT2D eigenvalue weighted by molar-refractivity contribution is -0.167. The first-order valence-electron chi connectivity index (χ1n) is 36.4. The Bertz CT molecular complexity index is 1520. The molecule has 0 aliphatic rings. The minimum absolute atomic E-state index is 0.0736. The van der Waals surface area contributed by atoms with Crippen LogP contribution in [0.1, 0.15) is 380 Å². The van der Waals surface area contributed by atoms with Gasteiger partial charge in [-0.25, -0.2) is 0 Å². The van der Waals surface area contributed by atoms with Crippen molar-refractivity contribution in [2.45, 2.75) is 386 Å². The van der Waals surface area contributed by atoms with Crippen LogP contribution >= 0.6 is 0 Å². The van der Waals surface area contributed by atoms with Gasteiger partial charge in [-0.05, 0) is 109 Å². The van der Waals surface area contributed by atoms with Crippen molar-refractivity contribution in [1.82, 2.24) is 0 Å². The summed E-state index contributed by atoms with van der Waals surface area (Å²) in [5.74, 6) is -0.861. The molecule has 0 aromatic carbocycles. The minimum Gasteiger partial charge on any atom is -0.462 e. The average molecular weight is 1160 g/mol. The van der Waals surface area contributed by atoms with Crippen LogP contribution in [0.5, 0.6) is 0 Å². The van der Waals surface area contributed by atoms with Crippen LogP contribution in [0.4, 0.5) is 0 Å². The summed E-state index contributed by atoms with van der Waals surface area (Å²) in [6, 6.07) is 0. The first kappa shape index (κ1) is 79.8. The van der Waals surface area contributed by atoms with Crippen LogP contribution in [-0.4, -0.2) is 37.2 Å². The smallest absolute Gasteiger partial charge is 0.306 e. The molecule has 6 heteroatoms. The van der Waals surface area contributed by atoms with E-state index in [2.05, 4.69) is 93.7 Å². The van der Waals surface area contributed by atoms with Crippen LogP contribution in [0.25, 0.3) is 0 Å². The number of ether oxygens (including phenoxy) is 3. The molecule has 6 nitrogen and oxygen atoms in total. The largest absolute Gasteiger partial charge is 0.462 e. The molecule has 0 bridgehead atoms. The second-order valence-electron chi connectivity index (χ2n) is 24.5. The molecule has 0 amide bonds. The number of unbranched alkanes of at least 4 members (excludes halogenated alkanes) is 44. The van der Waals surface area contributed by atoms with Gasteiger partial charge < -0.3 is 14.2 Å². The van der Waals surface area contributed by atoms with Gasteiger partial charge in [0, 0.05) is 19.3 Å². The highest BCUT2D eigenvalue weighted by molar-refractivity contribution is 5.71. The van der Waals surface area contributed by atoms with E-state index >= 15 is 0 Å². The Kier molecular flexibility index (Phi) is 68.6. The van der Waals surface area contributed by atoms with Crippen LogP contribution in [0.15, 0.2) is 72.9 Å². The highest BCUT2D eigenvalue weighted by Gasteiger charge is 2.19. The highest BCUT2D eigenvalue weighted by atomic mass is 16.6. The Hall–Kier alpha value is -3.15. The highest BCUT2D eigenvalue weighted by Crippen LogP contribution is 2.18. The van der Waals surface area contributed by atoms with Gasteiger partial charge in [0.15, 0.2) is 6.10 Å². The first-order valence-corrected chi connectivity index (χ1v) is 36.4. The van der Waals surface area contributed by atoms with E-state index in [0.29, 0.717) is 19.3 Å². The zero-order valence-electron chi connectivity index (χ0n) is 55.5. The number of carbonyl (C=O) groups is 3. The third-order valence-electron chi connectivity index (χ3n) is 16.2. The molecule has 1 unspecified atom stereocenters. The Morgan fingerprint density at radius 3 is 0.759 bits per heavy atom. The van der Waals surface area contributed by atoms with E-state index in [1.807, 2.05) is 0 Å². The van der Waals surface area contributed by atoms with E-state index < -0.39 is 6.10 Å². The van der Waals surface area contributed by atoms with Gasteiger partial charge in [0.2, 0.25) is 0 Å².